The smallest absolute Gasteiger partial charge is 0.416 e. The van der Waals surface area contributed by atoms with Gasteiger partial charge in [-0.1, -0.05) is 36.4 Å². The molecule has 1 aliphatic rings. The summed E-state index contributed by atoms with van der Waals surface area (Å²) in [6.45, 7) is 3.09. The van der Waals surface area contributed by atoms with Crippen LogP contribution in [0, 0.1) is 5.92 Å². The van der Waals surface area contributed by atoms with Gasteiger partial charge in [-0.2, -0.15) is 13.2 Å². The molecule has 4 nitrogen and oxygen atoms in total. The summed E-state index contributed by atoms with van der Waals surface area (Å²) in [5.41, 5.74) is 0.791. The monoisotopic (exact) mass is 444 g/mol. The van der Waals surface area contributed by atoms with Crippen molar-refractivity contribution in [1.82, 2.24) is 9.80 Å². The molecule has 4 rings (SSSR count). The van der Waals surface area contributed by atoms with Crippen LogP contribution in [0.4, 0.5) is 13.2 Å². The molecule has 1 amide bonds. The summed E-state index contributed by atoms with van der Waals surface area (Å²) < 4.78 is 44.5. The van der Waals surface area contributed by atoms with Crippen LogP contribution in [-0.4, -0.2) is 48.9 Å². The van der Waals surface area contributed by atoms with Crippen LogP contribution < -0.4 is 0 Å². The van der Waals surface area contributed by atoms with Gasteiger partial charge in [0.15, 0.2) is 5.76 Å². The average Bonchev–Trinajstić information content (AvgIpc) is 3.21. The summed E-state index contributed by atoms with van der Waals surface area (Å²) in [6.07, 6.45) is -1.70. The number of amides is 1. The number of carbonyl (C=O) groups is 1. The van der Waals surface area contributed by atoms with Gasteiger partial charge in [0.05, 0.1) is 5.56 Å². The number of hydrogen-bond acceptors (Lipinski definition) is 3. The lowest BCUT2D eigenvalue weighted by Gasteiger charge is -2.34. The summed E-state index contributed by atoms with van der Waals surface area (Å²) in [6, 6.07) is 14.9. The Morgan fingerprint density at radius 3 is 2.75 bits per heavy atom. The zero-order valence-electron chi connectivity index (χ0n) is 18.1. The van der Waals surface area contributed by atoms with Crippen molar-refractivity contribution in [3.05, 3.63) is 71.5 Å². The van der Waals surface area contributed by atoms with E-state index in [0.29, 0.717) is 42.3 Å². The molecule has 0 spiro atoms. The van der Waals surface area contributed by atoms with E-state index in [4.69, 9.17) is 4.42 Å². The number of carbonyl (C=O) groups excluding carboxylic acids is 1. The van der Waals surface area contributed by atoms with Crippen molar-refractivity contribution in [2.24, 2.45) is 5.92 Å². The second-order valence-corrected chi connectivity index (χ2v) is 8.59. The fourth-order valence-electron chi connectivity index (χ4n) is 4.44. The molecule has 2 aromatic carbocycles. The second kappa shape index (κ2) is 9.36. The SMILES string of the molecule is CN(CC1CCCN(CCc2cccc(C(F)(F)F)c2)C1)C(=O)c1cc2ccccc2o1. The highest BCUT2D eigenvalue weighted by atomic mass is 19.4. The normalized spacial score (nSPS) is 17.6. The molecule has 1 aromatic heterocycles. The summed E-state index contributed by atoms with van der Waals surface area (Å²) >= 11 is 0. The summed E-state index contributed by atoms with van der Waals surface area (Å²) in [5, 5.41) is 0.905. The Labute approximate surface area is 185 Å². The third-order valence-electron chi connectivity index (χ3n) is 6.09. The lowest BCUT2D eigenvalue weighted by Crippen LogP contribution is -2.42. The van der Waals surface area contributed by atoms with E-state index in [1.807, 2.05) is 24.3 Å². The molecule has 0 N–H and O–H groups in total. The average molecular weight is 444 g/mol. The van der Waals surface area contributed by atoms with E-state index in [-0.39, 0.29) is 5.91 Å². The number of furan rings is 1. The Kier molecular flexibility index (Phi) is 6.55. The van der Waals surface area contributed by atoms with Gasteiger partial charge < -0.3 is 14.2 Å². The topological polar surface area (TPSA) is 36.7 Å². The number of fused-ring (bicyclic) bond motifs is 1. The maximum atomic E-state index is 12.9. The van der Waals surface area contributed by atoms with Gasteiger partial charge in [0, 0.05) is 32.1 Å². The molecule has 2 heterocycles. The number of para-hydroxylation sites is 1. The second-order valence-electron chi connectivity index (χ2n) is 8.59. The quantitative estimate of drug-likeness (QED) is 0.505. The van der Waals surface area contributed by atoms with Crippen molar-refractivity contribution in [3.8, 4) is 0 Å². The zero-order chi connectivity index (χ0) is 22.7. The first-order chi connectivity index (χ1) is 15.3. The highest BCUT2D eigenvalue weighted by Gasteiger charge is 2.30. The number of hydrogen-bond donors (Lipinski definition) is 0. The number of alkyl halides is 3. The molecule has 0 aliphatic carbocycles. The largest absolute Gasteiger partial charge is 0.451 e. The van der Waals surface area contributed by atoms with Gasteiger partial charge in [-0.15, -0.1) is 0 Å². The molecule has 1 saturated heterocycles. The minimum atomic E-state index is -4.32. The van der Waals surface area contributed by atoms with Crippen molar-refractivity contribution in [2.75, 3.05) is 33.2 Å². The lowest BCUT2D eigenvalue weighted by atomic mass is 9.97. The molecular formula is C25H27F3N2O2. The summed E-state index contributed by atoms with van der Waals surface area (Å²) in [4.78, 5) is 16.8. The number of likely N-dealkylation sites (tertiary alicyclic amines) is 1. The van der Waals surface area contributed by atoms with Crippen LogP contribution in [0.25, 0.3) is 11.0 Å². The van der Waals surface area contributed by atoms with Gasteiger partial charge in [0.25, 0.3) is 5.91 Å². The van der Waals surface area contributed by atoms with Crippen molar-refractivity contribution in [1.29, 1.82) is 0 Å². The summed E-state index contributed by atoms with van der Waals surface area (Å²) in [7, 11) is 1.79. The van der Waals surface area contributed by atoms with Gasteiger partial charge in [0.1, 0.15) is 5.58 Å². The number of piperidine rings is 1. The summed E-state index contributed by atoms with van der Waals surface area (Å²) in [5.74, 6) is 0.525. The molecule has 0 radical (unpaired) electrons. The third kappa shape index (κ3) is 5.33. The van der Waals surface area contributed by atoms with Crippen LogP contribution in [0.1, 0.15) is 34.5 Å². The molecule has 32 heavy (non-hydrogen) atoms. The third-order valence-corrected chi connectivity index (χ3v) is 6.09. The van der Waals surface area contributed by atoms with Crippen molar-refractivity contribution in [3.63, 3.8) is 0 Å². The molecule has 170 valence electrons. The van der Waals surface area contributed by atoms with E-state index in [2.05, 4.69) is 4.90 Å². The molecule has 1 unspecified atom stereocenters. The lowest BCUT2D eigenvalue weighted by molar-refractivity contribution is -0.137. The Balaban J connectivity index is 1.31. The van der Waals surface area contributed by atoms with Gasteiger partial charge in [-0.3, -0.25) is 4.79 Å². The molecule has 0 saturated carbocycles. The van der Waals surface area contributed by atoms with E-state index in [1.165, 1.54) is 12.1 Å². The molecule has 1 fully saturated rings. The van der Waals surface area contributed by atoms with Crippen LogP contribution in [0.5, 0.6) is 0 Å². The Hall–Kier alpha value is -2.80. The van der Waals surface area contributed by atoms with Gasteiger partial charge in [-0.25, -0.2) is 0 Å². The van der Waals surface area contributed by atoms with E-state index < -0.39 is 11.7 Å². The van der Waals surface area contributed by atoms with Crippen molar-refractivity contribution >= 4 is 16.9 Å². The van der Waals surface area contributed by atoms with E-state index in [9.17, 15) is 18.0 Å². The number of halogens is 3. The van der Waals surface area contributed by atoms with Crippen molar-refractivity contribution < 1.29 is 22.4 Å². The molecule has 7 heteroatoms. The Morgan fingerprint density at radius 2 is 1.97 bits per heavy atom. The molecule has 1 aliphatic heterocycles. The first-order valence-electron chi connectivity index (χ1n) is 10.9. The first-order valence-corrected chi connectivity index (χ1v) is 10.9. The van der Waals surface area contributed by atoms with Gasteiger partial charge in [-0.05, 0) is 55.5 Å². The maximum absolute atomic E-state index is 12.9. The van der Waals surface area contributed by atoms with E-state index >= 15 is 0 Å². The number of nitrogens with zero attached hydrogens (tertiary/aromatic N) is 2. The first kappa shape index (κ1) is 22.4. The van der Waals surface area contributed by atoms with Crippen LogP contribution in [0.3, 0.4) is 0 Å². The highest BCUT2D eigenvalue weighted by molar-refractivity contribution is 5.95. The van der Waals surface area contributed by atoms with Crippen LogP contribution in [0.2, 0.25) is 0 Å². The minimum Gasteiger partial charge on any atom is -0.451 e. The molecule has 1 atom stereocenters. The van der Waals surface area contributed by atoms with Gasteiger partial charge >= 0.3 is 6.18 Å². The van der Waals surface area contributed by atoms with E-state index in [0.717, 1.165) is 37.4 Å². The molecule has 3 aromatic rings. The van der Waals surface area contributed by atoms with Gasteiger partial charge in [0.2, 0.25) is 0 Å². The molecular weight excluding hydrogens is 417 g/mol. The number of rotatable bonds is 6. The van der Waals surface area contributed by atoms with Crippen molar-refractivity contribution in [2.45, 2.75) is 25.4 Å². The fraction of sp³-hybridized carbons (Fsp3) is 0.400. The predicted molar refractivity (Wildman–Crippen MR) is 117 cm³/mol. The highest BCUT2D eigenvalue weighted by Crippen LogP contribution is 2.30. The van der Waals surface area contributed by atoms with Crippen LogP contribution >= 0.6 is 0 Å². The van der Waals surface area contributed by atoms with Crippen LogP contribution in [-0.2, 0) is 12.6 Å². The number of benzene rings is 2. The van der Waals surface area contributed by atoms with E-state index in [1.54, 1.807) is 24.1 Å². The Morgan fingerprint density at radius 1 is 1.16 bits per heavy atom. The minimum absolute atomic E-state index is 0.137. The standard InChI is InChI=1S/C25H27F3N2O2/c1-29(24(31)23-15-20-8-2-3-10-22(20)32-23)16-19-7-5-12-30(17-19)13-11-18-6-4-9-21(14-18)25(26,27)28/h2-4,6,8-10,14-15,19H,5,7,11-13,16-17H2,1H3. The predicted octanol–water partition coefficient (Wildman–Crippen LogP) is 5.48. The maximum Gasteiger partial charge on any atom is 0.416 e. The Bertz CT molecular complexity index is 1040. The zero-order valence-corrected chi connectivity index (χ0v) is 18.1. The fourth-order valence-corrected chi connectivity index (χ4v) is 4.44. The molecule has 0 bridgehead atoms. The van der Waals surface area contributed by atoms with Crippen LogP contribution in [0.15, 0.2) is 59.0 Å².